The first-order valence-electron chi connectivity index (χ1n) is 4.25. The van der Waals surface area contributed by atoms with Gasteiger partial charge in [-0.25, -0.2) is 4.98 Å². The molecule has 1 aromatic heterocycles. The maximum absolute atomic E-state index is 5.50. The van der Waals surface area contributed by atoms with Crippen molar-refractivity contribution in [1.82, 2.24) is 4.98 Å². The zero-order valence-corrected chi connectivity index (χ0v) is 8.42. The predicted octanol–water partition coefficient (Wildman–Crippen LogP) is 1.34. The average Bonchev–Trinajstić information content (AvgIpc) is 2.18. The minimum absolute atomic E-state index is 0.702. The van der Waals surface area contributed by atoms with Crippen molar-refractivity contribution in [2.45, 2.75) is 5.75 Å². The molecule has 0 N–H and O–H groups in total. The summed E-state index contributed by atoms with van der Waals surface area (Å²) in [4.78, 5) is 6.42. The van der Waals surface area contributed by atoms with Crippen molar-refractivity contribution < 1.29 is 4.74 Å². The first kappa shape index (κ1) is 8.69. The number of thiol groups is 1. The van der Waals surface area contributed by atoms with Gasteiger partial charge in [-0.15, -0.1) is 0 Å². The van der Waals surface area contributed by atoms with Gasteiger partial charge in [-0.1, -0.05) is 0 Å². The Bertz CT molecular complexity index is 316. The first-order chi connectivity index (χ1) is 6.31. The second-order valence-corrected chi connectivity index (χ2v) is 3.41. The molecule has 0 fully saturated rings. The molecule has 0 aromatic carbocycles. The Morgan fingerprint density at radius 2 is 2.54 bits per heavy atom. The summed E-state index contributed by atoms with van der Waals surface area (Å²) < 4.78 is 5.50. The van der Waals surface area contributed by atoms with E-state index in [0.717, 1.165) is 30.3 Å². The van der Waals surface area contributed by atoms with E-state index in [9.17, 15) is 0 Å². The molecular weight excluding hydrogens is 184 g/mol. The summed E-state index contributed by atoms with van der Waals surface area (Å²) in [6.45, 7) is 1.64. The Kier molecular flexibility index (Phi) is 2.31. The Hall–Kier alpha value is -0.900. The summed E-state index contributed by atoms with van der Waals surface area (Å²) in [5.74, 6) is 2.50. The summed E-state index contributed by atoms with van der Waals surface area (Å²) in [7, 11) is 2.02. The number of likely N-dealkylation sites (N-methyl/N-ethyl adjacent to an activating group) is 1. The molecule has 2 heterocycles. The molecule has 0 amide bonds. The number of ether oxygens (including phenoxy) is 1. The van der Waals surface area contributed by atoms with E-state index in [4.69, 9.17) is 4.74 Å². The van der Waals surface area contributed by atoms with Crippen molar-refractivity contribution in [1.29, 1.82) is 0 Å². The SMILES string of the molecule is CN1CCOc2cc(CS)cnc21. The van der Waals surface area contributed by atoms with Crippen LogP contribution in [0.5, 0.6) is 5.75 Å². The molecule has 70 valence electrons. The van der Waals surface area contributed by atoms with E-state index in [-0.39, 0.29) is 0 Å². The van der Waals surface area contributed by atoms with E-state index in [2.05, 4.69) is 22.5 Å². The van der Waals surface area contributed by atoms with E-state index in [1.807, 2.05) is 19.3 Å². The molecule has 0 unspecified atom stereocenters. The van der Waals surface area contributed by atoms with Gasteiger partial charge in [0.15, 0.2) is 11.6 Å². The molecule has 1 aliphatic heterocycles. The fraction of sp³-hybridized carbons (Fsp3) is 0.444. The second-order valence-electron chi connectivity index (χ2n) is 3.09. The maximum atomic E-state index is 5.50. The fourth-order valence-electron chi connectivity index (χ4n) is 1.36. The van der Waals surface area contributed by atoms with Gasteiger partial charge in [0, 0.05) is 19.0 Å². The lowest BCUT2D eigenvalue weighted by molar-refractivity contribution is 0.308. The van der Waals surface area contributed by atoms with Crippen LogP contribution in [0, 0.1) is 0 Å². The van der Waals surface area contributed by atoms with Crippen LogP contribution in [0.2, 0.25) is 0 Å². The number of rotatable bonds is 1. The molecule has 2 rings (SSSR count). The number of nitrogens with zero attached hydrogens (tertiary/aromatic N) is 2. The van der Waals surface area contributed by atoms with E-state index in [1.54, 1.807) is 0 Å². The van der Waals surface area contributed by atoms with E-state index >= 15 is 0 Å². The van der Waals surface area contributed by atoms with Crippen LogP contribution in [-0.2, 0) is 5.75 Å². The summed E-state index contributed by atoms with van der Waals surface area (Å²) in [5, 5.41) is 0. The van der Waals surface area contributed by atoms with Gasteiger partial charge in [-0.3, -0.25) is 0 Å². The van der Waals surface area contributed by atoms with E-state index in [1.165, 1.54) is 0 Å². The van der Waals surface area contributed by atoms with Gasteiger partial charge in [-0.05, 0) is 11.6 Å². The molecule has 3 nitrogen and oxygen atoms in total. The normalized spacial score (nSPS) is 15.1. The monoisotopic (exact) mass is 196 g/mol. The molecule has 1 aliphatic rings. The summed E-state index contributed by atoms with van der Waals surface area (Å²) in [5.41, 5.74) is 1.09. The first-order valence-corrected chi connectivity index (χ1v) is 4.88. The third-order valence-corrected chi connectivity index (χ3v) is 2.48. The quantitative estimate of drug-likeness (QED) is 0.686. The number of pyridine rings is 1. The molecular formula is C9H12N2OS. The summed E-state index contributed by atoms with van der Waals surface area (Å²) >= 11 is 4.19. The van der Waals surface area contributed by atoms with Gasteiger partial charge in [-0.2, -0.15) is 12.6 Å². The molecule has 0 saturated carbocycles. The largest absolute Gasteiger partial charge is 0.488 e. The third-order valence-electron chi connectivity index (χ3n) is 2.12. The lowest BCUT2D eigenvalue weighted by Gasteiger charge is -2.26. The Morgan fingerprint density at radius 1 is 1.69 bits per heavy atom. The minimum Gasteiger partial charge on any atom is -0.488 e. The second kappa shape index (κ2) is 3.46. The molecule has 0 aliphatic carbocycles. The molecule has 0 bridgehead atoms. The smallest absolute Gasteiger partial charge is 0.171 e. The molecule has 4 heteroatoms. The van der Waals surface area contributed by atoms with Crippen LogP contribution in [0.1, 0.15) is 5.56 Å². The zero-order valence-electron chi connectivity index (χ0n) is 7.53. The van der Waals surface area contributed by atoms with Gasteiger partial charge in [0.1, 0.15) is 6.61 Å². The number of fused-ring (bicyclic) bond motifs is 1. The van der Waals surface area contributed by atoms with Crippen molar-refractivity contribution in [2.24, 2.45) is 0 Å². The predicted molar refractivity (Wildman–Crippen MR) is 55.7 cm³/mol. The van der Waals surface area contributed by atoms with Gasteiger partial charge in [0.25, 0.3) is 0 Å². The topological polar surface area (TPSA) is 25.4 Å². The van der Waals surface area contributed by atoms with Crippen LogP contribution < -0.4 is 9.64 Å². The van der Waals surface area contributed by atoms with Crippen molar-refractivity contribution in [2.75, 3.05) is 25.1 Å². The highest BCUT2D eigenvalue weighted by Gasteiger charge is 2.15. The highest BCUT2D eigenvalue weighted by Crippen LogP contribution is 2.28. The Morgan fingerprint density at radius 3 is 3.31 bits per heavy atom. The minimum atomic E-state index is 0.702. The Labute approximate surface area is 83.1 Å². The van der Waals surface area contributed by atoms with Crippen molar-refractivity contribution in [3.05, 3.63) is 17.8 Å². The van der Waals surface area contributed by atoms with Crippen LogP contribution in [-0.4, -0.2) is 25.2 Å². The van der Waals surface area contributed by atoms with Crippen molar-refractivity contribution >= 4 is 18.4 Å². The fourth-order valence-corrected chi connectivity index (χ4v) is 1.53. The highest BCUT2D eigenvalue weighted by molar-refractivity contribution is 7.79. The van der Waals surface area contributed by atoms with Gasteiger partial charge >= 0.3 is 0 Å². The van der Waals surface area contributed by atoms with Gasteiger partial charge in [0.2, 0.25) is 0 Å². The molecule has 0 radical (unpaired) electrons. The number of anilines is 1. The van der Waals surface area contributed by atoms with Crippen LogP contribution in [0.25, 0.3) is 0 Å². The van der Waals surface area contributed by atoms with Crippen LogP contribution >= 0.6 is 12.6 Å². The molecule has 0 saturated heterocycles. The van der Waals surface area contributed by atoms with E-state index in [0.29, 0.717) is 5.75 Å². The lowest BCUT2D eigenvalue weighted by atomic mass is 10.2. The van der Waals surface area contributed by atoms with Gasteiger partial charge < -0.3 is 9.64 Å². The molecule has 0 atom stereocenters. The molecule has 13 heavy (non-hydrogen) atoms. The summed E-state index contributed by atoms with van der Waals surface area (Å²) in [6, 6.07) is 2.00. The molecule has 1 aromatic rings. The van der Waals surface area contributed by atoms with Crippen LogP contribution in [0.15, 0.2) is 12.3 Å². The zero-order chi connectivity index (χ0) is 9.26. The third kappa shape index (κ3) is 1.58. The molecule has 0 spiro atoms. The Balaban J connectivity index is 2.39. The van der Waals surface area contributed by atoms with Gasteiger partial charge in [0.05, 0.1) is 6.54 Å². The van der Waals surface area contributed by atoms with Crippen LogP contribution in [0.3, 0.4) is 0 Å². The van der Waals surface area contributed by atoms with Crippen LogP contribution in [0.4, 0.5) is 5.82 Å². The maximum Gasteiger partial charge on any atom is 0.171 e. The number of hydrogen-bond acceptors (Lipinski definition) is 4. The summed E-state index contributed by atoms with van der Waals surface area (Å²) in [6.07, 6.45) is 1.84. The number of aromatic nitrogens is 1. The lowest BCUT2D eigenvalue weighted by Crippen LogP contribution is -2.29. The highest BCUT2D eigenvalue weighted by atomic mass is 32.1. The van der Waals surface area contributed by atoms with E-state index < -0.39 is 0 Å². The standard InChI is InChI=1S/C9H12N2OS/c1-11-2-3-12-8-4-7(6-13)5-10-9(8)11/h4-5,13H,2-3,6H2,1H3. The average molecular weight is 196 g/mol. The van der Waals surface area contributed by atoms with Crippen molar-refractivity contribution in [3.8, 4) is 5.75 Å². The number of hydrogen-bond donors (Lipinski definition) is 1. The van der Waals surface area contributed by atoms with Crippen molar-refractivity contribution in [3.63, 3.8) is 0 Å².